The first-order chi connectivity index (χ1) is 14.1. The number of benzene rings is 3. The van der Waals surface area contributed by atoms with Crippen molar-refractivity contribution in [2.24, 2.45) is 0 Å². The van der Waals surface area contributed by atoms with E-state index in [1.807, 2.05) is 49.4 Å². The molecule has 6 heteroatoms. The third-order valence-electron chi connectivity index (χ3n) is 4.51. The zero-order valence-electron chi connectivity index (χ0n) is 16.6. The van der Waals surface area contributed by atoms with Crippen LogP contribution >= 0.6 is 0 Å². The van der Waals surface area contributed by atoms with E-state index < -0.39 is 0 Å². The van der Waals surface area contributed by atoms with E-state index in [1.165, 1.54) is 4.90 Å². The first-order valence-electron chi connectivity index (χ1n) is 9.42. The van der Waals surface area contributed by atoms with Gasteiger partial charge in [-0.25, -0.2) is 0 Å². The number of nitrogens with zero attached hydrogens (tertiary/aromatic N) is 1. The summed E-state index contributed by atoms with van der Waals surface area (Å²) in [5.74, 6) is 0.740. The predicted molar refractivity (Wildman–Crippen MR) is 113 cm³/mol. The maximum absolute atomic E-state index is 12.5. The Kier molecular flexibility index (Phi) is 6.68. The van der Waals surface area contributed by atoms with Gasteiger partial charge in [0, 0.05) is 18.3 Å². The van der Waals surface area contributed by atoms with Gasteiger partial charge in [-0.3, -0.25) is 9.59 Å². The van der Waals surface area contributed by atoms with Gasteiger partial charge in [0.15, 0.2) is 6.61 Å². The van der Waals surface area contributed by atoms with Gasteiger partial charge in [-0.1, -0.05) is 36.4 Å². The lowest BCUT2D eigenvalue weighted by Gasteiger charge is -2.20. The summed E-state index contributed by atoms with van der Waals surface area (Å²) in [5.41, 5.74) is 0.616. The molecule has 1 N–H and O–H groups in total. The van der Waals surface area contributed by atoms with Crippen molar-refractivity contribution in [2.75, 3.05) is 32.1 Å². The van der Waals surface area contributed by atoms with Crippen molar-refractivity contribution in [2.45, 2.75) is 6.92 Å². The van der Waals surface area contributed by atoms with E-state index in [0.29, 0.717) is 23.7 Å². The van der Waals surface area contributed by atoms with E-state index in [1.54, 1.807) is 31.4 Å². The summed E-state index contributed by atoms with van der Waals surface area (Å²) in [7, 11) is 1.56. The summed E-state index contributed by atoms with van der Waals surface area (Å²) in [6.45, 7) is 2.06. The Morgan fingerprint density at radius 2 is 1.72 bits per heavy atom. The molecule has 29 heavy (non-hydrogen) atoms. The van der Waals surface area contributed by atoms with Crippen molar-refractivity contribution in [3.8, 4) is 11.5 Å². The largest absolute Gasteiger partial charge is 0.497 e. The highest BCUT2D eigenvalue weighted by atomic mass is 16.5. The molecule has 6 nitrogen and oxygen atoms in total. The normalized spacial score (nSPS) is 10.4. The Morgan fingerprint density at radius 1 is 0.931 bits per heavy atom. The second kappa shape index (κ2) is 9.59. The predicted octanol–water partition coefficient (Wildman–Crippen LogP) is 3.71. The molecule has 3 aromatic rings. The number of carbonyl (C=O) groups excluding carboxylic acids is 2. The molecule has 3 rings (SSSR count). The molecule has 0 aromatic heterocycles. The number of methoxy groups -OCH3 is 1. The number of nitrogens with one attached hydrogen (secondary N) is 1. The van der Waals surface area contributed by atoms with E-state index in [-0.39, 0.29) is 25.0 Å². The summed E-state index contributed by atoms with van der Waals surface area (Å²) in [6, 6.07) is 20.7. The molecule has 0 aliphatic rings. The van der Waals surface area contributed by atoms with Crippen molar-refractivity contribution >= 4 is 28.3 Å². The molecule has 2 amide bonds. The summed E-state index contributed by atoms with van der Waals surface area (Å²) in [4.78, 5) is 26.3. The average molecular weight is 392 g/mol. The highest BCUT2D eigenvalue weighted by Gasteiger charge is 2.16. The van der Waals surface area contributed by atoms with Crippen LogP contribution in [0.5, 0.6) is 11.5 Å². The fourth-order valence-electron chi connectivity index (χ4n) is 2.94. The minimum Gasteiger partial charge on any atom is -0.497 e. The van der Waals surface area contributed by atoms with Crippen LogP contribution in [-0.4, -0.2) is 43.5 Å². The summed E-state index contributed by atoms with van der Waals surface area (Å²) in [5, 5.41) is 4.93. The molecule has 0 fully saturated rings. The van der Waals surface area contributed by atoms with Gasteiger partial charge in [-0.2, -0.15) is 0 Å². The highest BCUT2D eigenvalue weighted by Crippen LogP contribution is 2.20. The zero-order chi connectivity index (χ0) is 20.6. The van der Waals surface area contributed by atoms with Gasteiger partial charge in [0.05, 0.1) is 13.7 Å². The maximum Gasteiger partial charge on any atom is 0.260 e. The number of amides is 2. The minimum absolute atomic E-state index is 0.0480. The Labute approximate surface area is 170 Å². The topological polar surface area (TPSA) is 67.9 Å². The van der Waals surface area contributed by atoms with Gasteiger partial charge in [0.25, 0.3) is 5.91 Å². The molecule has 0 saturated heterocycles. The molecule has 0 spiro atoms. The van der Waals surface area contributed by atoms with Crippen LogP contribution in [0.1, 0.15) is 6.92 Å². The van der Waals surface area contributed by atoms with Gasteiger partial charge >= 0.3 is 0 Å². The average Bonchev–Trinajstić information content (AvgIpc) is 2.75. The number of hydrogen-bond acceptors (Lipinski definition) is 4. The Balaban J connectivity index is 1.55. The molecule has 0 heterocycles. The lowest BCUT2D eigenvalue weighted by atomic mass is 10.1. The van der Waals surface area contributed by atoms with Crippen LogP contribution < -0.4 is 14.8 Å². The number of ether oxygens (including phenoxy) is 2. The van der Waals surface area contributed by atoms with Gasteiger partial charge in [0.2, 0.25) is 5.91 Å². The molecule has 0 radical (unpaired) electrons. The van der Waals surface area contributed by atoms with Crippen molar-refractivity contribution < 1.29 is 19.1 Å². The van der Waals surface area contributed by atoms with Crippen molar-refractivity contribution in [1.82, 2.24) is 4.90 Å². The molecule has 0 saturated carbocycles. The van der Waals surface area contributed by atoms with Crippen LogP contribution in [0.3, 0.4) is 0 Å². The fourth-order valence-corrected chi connectivity index (χ4v) is 2.94. The molecule has 150 valence electrons. The number of carbonyl (C=O) groups is 2. The monoisotopic (exact) mass is 392 g/mol. The molecule has 0 unspecified atom stereocenters. The second-order valence-electron chi connectivity index (χ2n) is 6.49. The smallest absolute Gasteiger partial charge is 0.260 e. The third kappa shape index (κ3) is 5.48. The third-order valence-corrected chi connectivity index (χ3v) is 4.51. The number of likely N-dealkylation sites (N-methyl/N-ethyl adjacent to an activating group) is 1. The lowest BCUT2D eigenvalue weighted by molar-refractivity contribution is -0.136. The number of rotatable bonds is 8. The van der Waals surface area contributed by atoms with Crippen LogP contribution in [-0.2, 0) is 9.59 Å². The van der Waals surface area contributed by atoms with Gasteiger partial charge in [-0.15, -0.1) is 0 Å². The van der Waals surface area contributed by atoms with E-state index in [9.17, 15) is 9.59 Å². The van der Waals surface area contributed by atoms with Crippen molar-refractivity contribution in [3.05, 3.63) is 66.7 Å². The SMILES string of the molecule is CCN(CC(=O)Nc1cccc(OC)c1)C(=O)COc1ccc2ccccc2c1. The van der Waals surface area contributed by atoms with Gasteiger partial charge < -0.3 is 19.7 Å². The first kappa shape index (κ1) is 20.2. The number of anilines is 1. The van der Waals surface area contributed by atoms with Crippen molar-refractivity contribution in [1.29, 1.82) is 0 Å². The molecule has 0 bridgehead atoms. The number of hydrogen-bond donors (Lipinski definition) is 1. The molecule has 0 aliphatic carbocycles. The van der Waals surface area contributed by atoms with E-state index in [0.717, 1.165) is 10.8 Å². The number of fused-ring (bicyclic) bond motifs is 1. The van der Waals surface area contributed by atoms with Crippen LogP contribution in [0.15, 0.2) is 66.7 Å². The van der Waals surface area contributed by atoms with Crippen LogP contribution in [0, 0.1) is 0 Å². The first-order valence-corrected chi connectivity index (χ1v) is 9.42. The van der Waals surface area contributed by atoms with Crippen molar-refractivity contribution in [3.63, 3.8) is 0 Å². The summed E-state index contributed by atoms with van der Waals surface area (Å²) in [6.07, 6.45) is 0. The minimum atomic E-state index is -0.279. The Bertz CT molecular complexity index is 1000. The summed E-state index contributed by atoms with van der Waals surface area (Å²) >= 11 is 0. The Hall–Kier alpha value is -3.54. The van der Waals surface area contributed by atoms with Crippen LogP contribution in [0.25, 0.3) is 10.8 Å². The molecular formula is C23H24N2O4. The van der Waals surface area contributed by atoms with E-state index >= 15 is 0 Å². The van der Waals surface area contributed by atoms with Gasteiger partial charge in [0.1, 0.15) is 11.5 Å². The fraction of sp³-hybridized carbons (Fsp3) is 0.217. The van der Waals surface area contributed by atoms with Crippen LogP contribution in [0.2, 0.25) is 0 Å². The molecular weight excluding hydrogens is 368 g/mol. The quantitative estimate of drug-likeness (QED) is 0.635. The Morgan fingerprint density at radius 3 is 2.48 bits per heavy atom. The second-order valence-corrected chi connectivity index (χ2v) is 6.49. The van der Waals surface area contributed by atoms with Crippen LogP contribution in [0.4, 0.5) is 5.69 Å². The summed E-state index contributed by atoms with van der Waals surface area (Å²) < 4.78 is 10.8. The lowest BCUT2D eigenvalue weighted by Crippen LogP contribution is -2.40. The molecule has 0 aliphatic heterocycles. The highest BCUT2D eigenvalue weighted by molar-refractivity contribution is 5.94. The van der Waals surface area contributed by atoms with Gasteiger partial charge in [-0.05, 0) is 42.0 Å². The van der Waals surface area contributed by atoms with E-state index in [2.05, 4.69) is 5.32 Å². The zero-order valence-corrected chi connectivity index (χ0v) is 16.6. The standard InChI is InChI=1S/C23H24N2O4/c1-3-25(15-22(26)24-19-9-6-10-20(14-19)28-2)23(27)16-29-21-12-11-17-7-4-5-8-18(17)13-21/h4-14H,3,15-16H2,1-2H3,(H,24,26). The van der Waals surface area contributed by atoms with E-state index in [4.69, 9.17) is 9.47 Å². The molecule has 3 aromatic carbocycles. The molecule has 0 atom stereocenters. The maximum atomic E-state index is 12.5.